The molecule has 104 valence electrons. The van der Waals surface area contributed by atoms with Gasteiger partial charge in [0.15, 0.2) is 0 Å². The van der Waals surface area contributed by atoms with Crippen molar-refractivity contribution in [1.82, 2.24) is 0 Å². The number of nitrogen functional groups attached to an aromatic ring is 1. The summed E-state index contributed by atoms with van der Waals surface area (Å²) in [5, 5.41) is 2.87. The van der Waals surface area contributed by atoms with E-state index in [4.69, 9.17) is 5.73 Å². The molecule has 0 unspecified atom stereocenters. The molecule has 0 radical (unpaired) electrons. The molecule has 0 saturated heterocycles. The first-order valence-corrected chi connectivity index (χ1v) is 8.04. The highest BCUT2D eigenvalue weighted by atomic mass is 79.9. The van der Waals surface area contributed by atoms with Crippen LogP contribution in [0.3, 0.4) is 0 Å². The molecular formula is C15H15BrN2OS. The molecule has 2 aromatic carbocycles. The number of amides is 1. The van der Waals surface area contributed by atoms with Crippen molar-refractivity contribution in [2.45, 2.75) is 11.8 Å². The van der Waals surface area contributed by atoms with Crippen molar-refractivity contribution >= 4 is 45.0 Å². The number of carbonyl (C=O) groups is 1. The summed E-state index contributed by atoms with van der Waals surface area (Å²) in [7, 11) is 0. The summed E-state index contributed by atoms with van der Waals surface area (Å²) >= 11 is 5.02. The van der Waals surface area contributed by atoms with Crippen molar-refractivity contribution in [2.24, 2.45) is 0 Å². The third kappa shape index (κ3) is 3.35. The third-order valence-corrected chi connectivity index (χ3v) is 4.12. The number of carbonyl (C=O) groups excluding carboxylic acids is 1. The van der Waals surface area contributed by atoms with Gasteiger partial charge in [0.1, 0.15) is 0 Å². The van der Waals surface area contributed by atoms with Gasteiger partial charge in [-0.15, -0.1) is 11.8 Å². The molecule has 0 bridgehead atoms. The highest BCUT2D eigenvalue weighted by Crippen LogP contribution is 2.28. The summed E-state index contributed by atoms with van der Waals surface area (Å²) in [6.07, 6.45) is 2.00. The fraction of sp³-hybridized carbons (Fsp3) is 0.133. The molecule has 0 aliphatic heterocycles. The van der Waals surface area contributed by atoms with E-state index in [1.54, 1.807) is 17.8 Å². The van der Waals surface area contributed by atoms with Crippen molar-refractivity contribution < 1.29 is 4.79 Å². The van der Waals surface area contributed by atoms with E-state index in [0.717, 1.165) is 14.9 Å². The zero-order valence-corrected chi connectivity index (χ0v) is 13.6. The first-order chi connectivity index (χ1) is 9.51. The Morgan fingerprint density at radius 3 is 2.45 bits per heavy atom. The molecule has 0 fully saturated rings. The van der Waals surface area contributed by atoms with Gasteiger partial charge in [-0.3, -0.25) is 4.79 Å². The minimum Gasteiger partial charge on any atom is -0.397 e. The molecule has 0 spiro atoms. The Morgan fingerprint density at radius 2 is 1.90 bits per heavy atom. The zero-order valence-electron chi connectivity index (χ0n) is 11.2. The summed E-state index contributed by atoms with van der Waals surface area (Å²) < 4.78 is 0.898. The average Bonchev–Trinajstić information content (AvgIpc) is 2.42. The van der Waals surface area contributed by atoms with Gasteiger partial charge in [0.25, 0.3) is 5.91 Å². The predicted molar refractivity (Wildman–Crippen MR) is 89.5 cm³/mol. The lowest BCUT2D eigenvalue weighted by Gasteiger charge is -2.12. The van der Waals surface area contributed by atoms with Gasteiger partial charge in [-0.2, -0.15) is 0 Å². The molecule has 2 aromatic rings. The van der Waals surface area contributed by atoms with Crippen molar-refractivity contribution in [3.63, 3.8) is 0 Å². The standard InChI is InChI=1S/C15H15BrN2OS/c1-9-7-11(16)8-13(17)14(9)18-15(19)10-3-5-12(20-2)6-4-10/h3-8H,17H2,1-2H3,(H,18,19). The number of aryl methyl sites for hydroxylation is 1. The monoisotopic (exact) mass is 350 g/mol. The van der Waals surface area contributed by atoms with Crippen LogP contribution in [0.1, 0.15) is 15.9 Å². The fourth-order valence-electron chi connectivity index (χ4n) is 1.87. The van der Waals surface area contributed by atoms with Gasteiger partial charge in [-0.05, 0) is 55.1 Å². The van der Waals surface area contributed by atoms with Gasteiger partial charge in [0, 0.05) is 14.9 Å². The van der Waals surface area contributed by atoms with Crippen molar-refractivity contribution in [3.8, 4) is 0 Å². The van der Waals surface area contributed by atoms with Gasteiger partial charge in [-0.1, -0.05) is 15.9 Å². The van der Waals surface area contributed by atoms with E-state index < -0.39 is 0 Å². The number of nitrogens with one attached hydrogen (secondary N) is 1. The van der Waals surface area contributed by atoms with Gasteiger partial charge >= 0.3 is 0 Å². The number of hydrogen-bond acceptors (Lipinski definition) is 3. The molecule has 1 amide bonds. The molecule has 2 rings (SSSR count). The Morgan fingerprint density at radius 1 is 1.25 bits per heavy atom. The second kappa shape index (κ2) is 6.33. The van der Waals surface area contributed by atoms with Crippen LogP contribution < -0.4 is 11.1 Å². The van der Waals surface area contributed by atoms with Gasteiger partial charge in [0.2, 0.25) is 0 Å². The van der Waals surface area contributed by atoms with Crippen LogP contribution in [-0.4, -0.2) is 12.2 Å². The molecule has 0 aliphatic rings. The second-order valence-electron chi connectivity index (χ2n) is 4.37. The Bertz CT molecular complexity index is 618. The van der Waals surface area contributed by atoms with Crippen LogP contribution in [0.2, 0.25) is 0 Å². The lowest BCUT2D eigenvalue weighted by Crippen LogP contribution is -2.14. The predicted octanol–water partition coefficient (Wildman–Crippen LogP) is 4.31. The quantitative estimate of drug-likeness (QED) is 0.640. The topological polar surface area (TPSA) is 55.1 Å². The number of anilines is 2. The fourth-order valence-corrected chi connectivity index (χ4v) is 2.87. The molecule has 0 saturated carbocycles. The summed E-state index contributed by atoms with van der Waals surface area (Å²) in [6.45, 7) is 1.91. The molecule has 0 atom stereocenters. The SMILES string of the molecule is CSc1ccc(C(=O)Nc2c(C)cc(Br)cc2N)cc1. The Labute approximate surface area is 131 Å². The van der Waals surface area contributed by atoms with E-state index in [9.17, 15) is 4.79 Å². The average molecular weight is 351 g/mol. The maximum Gasteiger partial charge on any atom is 0.255 e. The van der Waals surface area contributed by atoms with E-state index in [0.29, 0.717) is 16.9 Å². The highest BCUT2D eigenvalue weighted by Gasteiger charge is 2.11. The number of rotatable bonds is 3. The highest BCUT2D eigenvalue weighted by molar-refractivity contribution is 9.10. The number of benzene rings is 2. The van der Waals surface area contributed by atoms with Gasteiger partial charge in [-0.25, -0.2) is 0 Å². The van der Waals surface area contributed by atoms with Crippen LogP contribution in [-0.2, 0) is 0 Å². The minimum absolute atomic E-state index is 0.158. The van der Waals surface area contributed by atoms with Crippen LogP contribution in [0.25, 0.3) is 0 Å². The van der Waals surface area contributed by atoms with Gasteiger partial charge < -0.3 is 11.1 Å². The van der Waals surface area contributed by atoms with Crippen molar-refractivity contribution in [3.05, 3.63) is 52.0 Å². The van der Waals surface area contributed by atoms with Crippen LogP contribution in [0.4, 0.5) is 11.4 Å². The number of halogens is 1. The lowest BCUT2D eigenvalue weighted by molar-refractivity contribution is 0.102. The maximum atomic E-state index is 12.2. The molecule has 0 aliphatic carbocycles. The van der Waals surface area contributed by atoms with Crippen molar-refractivity contribution in [2.75, 3.05) is 17.3 Å². The lowest BCUT2D eigenvalue weighted by atomic mass is 10.1. The molecule has 0 heterocycles. The largest absolute Gasteiger partial charge is 0.397 e. The van der Waals surface area contributed by atoms with Crippen LogP contribution >= 0.6 is 27.7 Å². The molecular weight excluding hydrogens is 336 g/mol. The van der Waals surface area contributed by atoms with Crippen LogP contribution in [0.15, 0.2) is 45.8 Å². The third-order valence-electron chi connectivity index (χ3n) is 2.92. The normalized spacial score (nSPS) is 10.3. The van der Waals surface area contributed by atoms with E-state index in [1.807, 2.05) is 43.5 Å². The summed E-state index contributed by atoms with van der Waals surface area (Å²) in [5.74, 6) is -0.158. The smallest absolute Gasteiger partial charge is 0.255 e. The molecule has 0 aromatic heterocycles. The van der Waals surface area contributed by atoms with E-state index in [-0.39, 0.29) is 5.91 Å². The molecule has 3 nitrogen and oxygen atoms in total. The van der Waals surface area contributed by atoms with E-state index >= 15 is 0 Å². The van der Waals surface area contributed by atoms with Crippen LogP contribution in [0.5, 0.6) is 0 Å². The van der Waals surface area contributed by atoms with Gasteiger partial charge in [0.05, 0.1) is 11.4 Å². The number of thioether (sulfide) groups is 1. The Hall–Kier alpha value is -1.46. The summed E-state index contributed by atoms with van der Waals surface area (Å²) in [5.41, 5.74) is 8.69. The van der Waals surface area contributed by atoms with E-state index in [2.05, 4.69) is 21.2 Å². The number of nitrogens with two attached hydrogens (primary N) is 1. The first-order valence-electron chi connectivity index (χ1n) is 6.02. The Kier molecular flexibility index (Phi) is 4.73. The summed E-state index contributed by atoms with van der Waals surface area (Å²) in [4.78, 5) is 13.3. The molecule has 5 heteroatoms. The maximum absolute atomic E-state index is 12.2. The van der Waals surface area contributed by atoms with E-state index in [1.165, 1.54) is 0 Å². The Balaban J connectivity index is 2.23. The number of hydrogen-bond donors (Lipinski definition) is 2. The minimum atomic E-state index is -0.158. The molecule has 20 heavy (non-hydrogen) atoms. The summed E-state index contributed by atoms with van der Waals surface area (Å²) in [6, 6.07) is 11.2. The molecule has 3 N–H and O–H groups in total. The van der Waals surface area contributed by atoms with Crippen LogP contribution in [0, 0.1) is 6.92 Å². The van der Waals surface area contributed by atoms with Crippen molar-refractivity contribution in [1.29, 1.82) is 0 Å². The zero-order chi connectivity index (χ0) is 14.7. The first kappa shape index (κ1) is 14.9. The second-order valence-corrected chi connectivity index (χ2v) is 6.16.